The summed E-state index contributed by atoms with van der Waals surface area (Å²) in [5, 5.41) is 0. The van der Waals surface area contributed by atoms with Crippen LogP contribution in [0.4, 0.5) is 0 Å². The number of hydrogen-bond donors (Lipinski definition) is 0. The lowest BCUT2D eigenvalue weighted by atomic mass is 9.71. The van der Waals surface area contributed by atoms with Gasteiger partial charge >= 0.3 is 0 Å². The molecule has 4 heteroatoms. The Kier molecular flexibility index (Phi) is 1.80. The second-order valence-corrected chi connectivity index (χ2v) is 5.19. The van der Waals surface area contributed by atoms with Gasteiger partial charge in [-0.2, -0.15) is 0 Å². The van der Waals surface area contributed by atoms with Crippen LogP contribution in [-0.2, 0) is 4.74 Å². The Morgan fingerprint density at radius 3 is 3.24 bits per heavy atom. The van der Waals surface area contributed by atoms with Gasteiger partial charge in [0.1, 0.15) is 11.4 Å². The molecule has 0 N–H and O–H groups in total. The van der Waals surface area contributed by atoms with Gasteiger partial charge in [-0.3, -0.25) is 0 Å². The summed E-state index contributed by atoms with van der Waals surface area (Å²) < 4.78 is 13.4. The summed E-state index contributed by atoms with van der Waals surface area (Å²) in [5.74, 6) is 0.897. The van der Waals surface area contributed by atoms with E-state index < -0.39 is 0 Å². The molecule has 2 aliphatic heterocycles. The Hall–Kier alpha value is -1.55. The predicted octanol–water partition coefficient (Wildman–Crippen LogP) is 1.89. The summed E-state index contributed by atoms with van der Waals surface area (Å²) in [4.78, 5) is 4.24. The fourth-order valence-electron chi connectivity index (χ4n) is 2.81. The molecule has 2 aromatic rings. The summed E-state index contributed by atoms with van der Waals surface area (Å²) in [5.41, 5.74) is 1.22. The lowest BCUT2D eigenvalue weighted by Crippen LogP contribution is -2.38. The number of aromatic nitrogens is 2. The van der Waals surface area contributed by atoms with Crippen LogP contribution in [0.15, 0.2) is 30.7 Å². The van der Waals surface area contributed by atoms with E-state index in [1.165, 1.54) is 12.8 Å². The quantitative estimate of drug-likeness (QED) is 0.807. The molecule has 0 aromatic carbocycles. The minimum Gasteiger partial charge on any atom is -0.493 e. The van der Waals surface area contributed by atoms with Crippen molar-refractivity contribution in [2.75, 3.05) is 13.2 Å². The van der Waals surface area contributed by atoms with E-state index in [-0.39, 0.29) is 0 Å². The lowest BCUT2D eigenvalue weighted by Gasteiger charge is -2.34. The van der Waals surface area contributed by atoms with Crippen molar-refractivity contribution in [3.63, 3.8) is 0 Å². The molecule has 2 aromatic heterocycles. The maximum absolute atomic E-state index is 5.88. The predicted molar refractivity (Wildman–Crippen MR) is 62.1 cm³/mol. The molecule has 4 heterocycles. The monoisotopic (exact) mass is 230 g/mol. The highest BCUT2D eigenvalue weighted by Gasteiger charge is 2.52. The average molecular weight is 230 g/mol. The summed E-state index contributed by atoms with van der Waals surface area (Å²) in [7, 11) is 0. The first kappa shape index (κ1) is 9.48. The zero-order valence-electron chi connectivity index (χ0n) is 9.50. The zero-order chi connectivity index (χ0) is 11.3. The smallest absolute Gasteiger partial charge is 0.140 e. The van der Waals surface area contributed by atoms with E-state index in [2.05, 4.69) is 4.98 Å². The van der Waals surface area contributed by atoms with Crippen molar-refractivity contribution in [1.29, 1.82) is 0 Å². The Morgan fingerprint density at radius 2 is 2.41 bits per heavy atom. The molecular weight excluding hydrogens is 216 g/mol. The van der Waals surface area contributed by atoms with Crippen molar-refractivity contribution in [1.82, 2.24) is 9.38 Å². The van der Waals surface area contributed by atoms with Crippen LogP contribution >= 0.6 is 0 Å². The lowest BCUT2D eigenvalue weighted by molar-refractivity contribution is 0.0822. The van der Waals surface area contributed by atoms with E-state index in [1.54, 1.807) is 6.20 Å². The van der Waals surface area contributed by atoms with Crippen LogP contribution < -0.4 is 4.74 Å². The molecule has 1 saturated carbocycles. The molecule has 17 heavy (non-hydrogen) atoms. The molecule has 3 aliphatic rings. The van der Waals surface area contributed by atoms with Gasteiger partial charge in [0, 0.05) is 30.1 Å². The molecule has 3 fully saturated rings. The topological polar surface area (TPSA) is 35.8 Å². The maximum Gasteiger partial charge on any atom is 0.140 e. The minimum absolute atomic E-state index is 0.298. The standard InChI is InChI=1S/C13H14N2O2/c1-3-15-4-2-14-12(15)5-10(1)16-8-13-6-11(7-13)17-9-13/h1-5,11H,6-9H2. The third-order valence-corrected chi connectivity index (χ3v) is 3.86. The minimum atomic E-state index is 0.298. The number of rotatable bonds is 3. The molecule has 0 amide bonds. The van der Waals surface area contributed by atoms with Gasteiger partial charge in [0.15, 0.2) is 0 Å². The molecule has 88 valence electrons. The van der Waals surface area contributed by atoms with Crippen LogP contribution in [0.1, 0.15) is 12.8 Å². The summed E-state index contributed by atoms with van der Waals surface area (Å²) in [6, 6.07) is 3.96. The molecular formula is C13H14N2O2. The number of ether oxygens (including phenoxy) is 2. The van der Waals surface area contributed by atoms with Crippen LogP contribution in [0.5, 0.6) is 5.75 Å². The van der Waals surface area contributed by atoms with Gasteiger partial charge < -0.3 is 13.9 Å². The van der Waals surface area contributed by atoms with Crippen molar-refractivity contribution in [3.05, 3.63) is 30.7 Å². The molecule has 1 aliphatic carbocycles. The fourth-order valence-corrected chi connectivity index (χ4v) is 2.81. The Morgan fingerprint density at radius 1 is 1.47 bits per heavy atom. The fraction of sp³-hybridized carbons (Fsp3) is 0.462. The summed E-state index contributed by atoms with van der Waals surface area (Å²) in [6.07, 6.45) is 8.54. The van der Waals surface area contributed by atoms with Gasteiger partial charge in [0.25, 0.3) is 0 Å². The molecule has 0 radical (unpaired) electrons. The van der Waals surface area contributed by atoms with E-state index in [0.717, 1.165) is 24.6 Å². The Balaban J connectivity index is 1.51. The summed E-state index contributed by atoms with van der Waals surface area (Å²) in [6.45, 7) is 1.63. The number of pyridine rings is 1. The highest BCUT2D eigenvalue weighted by Crippen LogP contribution is 2.50. The largest absolute Gasteiger partial charge is 0.493 e. The van der Waals surface area contributed by atoms with Crippen molar-refractivity contribution in [2.45, 2.75) is 18.9 Å². The molecule has 5 rings (SSSR count). The van der Waals surface area contributed by atoms with E-state index >= 15 is 0 Å². The van der Waals surface area contributed by atoms with Crippen molar-refractivity contribution in [3.8, 4) is 5.75 Å². The van der Waals surface area contributed by atoms with Gasteiger partial charge in [0.05, 0.1) is 19.3 Å². The maximum atomic E-state index is 5.88. The molecule has 0 unspecified atom stereocenters. The van der Waals surface area contributed by atoms with Gasteiger partial charge in [-0.25, -0.2) is 4.98 Å². The van der Waals surface area contributed by atoms with Crippen LogP contribution in [0, 0.1) is 5.41 Å². The van der Waals surface area contributed by atoms with Gasteiger partial charge in [-0.15, -0.1) is 0 Å². The van der Waals surface area contributed by atoms with Gasteiger partial charge in [0.2, 0.25) is 0 Å². The van der Waals surface area contributed by atoms with Crippen molar-refractivity contribution < 1.29 is 9.47 Å². The first-order chi connectivity index (χ1) is 8.33. The van der Waals surface area contributed by atoms with Crippen LogP contribution in [-0.4, -0.2) is 28.7 Å². The highest BCUT2D eigenvalue weighted by atomic mass is 16.5. The number of fused-ring (bicyclic) bond motifs is 2. The average Bonchev–Trinajstić information content (AvgIpc) is 3.00. The SMILES string of the molecule is c1cn2ccc(OCC34COC(C3)C4)cc2n1. The van der Waals surface area contributed by atoms with Gasteiger partial charge in [-0.05, 0) is 18.9 Å². The van der Waals surface area contributed by atoms with E-state index in [0.29, 0.717) is 11.5 Å². The number of hydrogen-bond acceptors (Lipinski definition) is 3. The van der Waals surface area contributed by atoms with E-state index in [1.807, 2.05) is 28.9 Å². The number of imidazole rings is 1. The molecule has 0 atom stereocenters. The first-order valence-electron chi connectivity index (χ1n) is 6.00. The van der Waals surface area contributed by atoms with E-state index in [9.17, 15) is 0 Å². The van der Waals surface area contributed by atoms with Crippen LogP contribution in [0.2, 0.25) is 0 Å². The first-order valence-corrected chi connectivity index (χ1v) is 6.00. The third kappa shape index (κ3) is 1.44. The normalized spacial score (nSPS) is 30.5. The second kappa shape index (κ2) is 3.23. The molecule has 0 spiro atoms. The molecule has 4 nitrogen and oxygen atoms in total. The zero-order valence-corrected chi connectivity index (χ0v) is 9.50. The van der Waals surface area contributed by atoms with Gasteiger partial charge in [-0.1, -0.05) is 0 Å². The second-order valence-electron chi connectivity index (χ2n) is 5.19. The molecule has 2 bridgehead atoms. The van der Waals surface area contributed by atoms with Crippen LogP contribution in [0.3, 0.4) is 0 Å². The Labute approximate surface area is 99.2 Å². The Bertz CT molecular complexity index is 552. The third-order valence-electron chi connectivity index (χ3n) is 3.86. The number of nitrogens with zero attached hydrogens (tertiary/aromatic N) is 2. The summed E-state index contributed by atoms with van der Waals surface area (Å²) >= 11 is 0. The van der Waals surface area contributed by atoms with Crippen molar-refractivity contribution >= 4 is 5.65 Å². The molecule has 2 saturated heterocycles. The highest BCUT2D eigenvalue weighted by molar-refractivity contribution is 5.44. The van der Waals surface area contributed by atoms with E-state index in [4.69, 9.17) is 9.47 Å². The van der Waals surface area contributed by atoms with Crippen molar-refractivity contribution in [2.24, 2.45) is 5.41 Å². The van der Waals surface area contributed by atoms with Crippen LogP contribution in [0.25, 0.3) is 5.65 Å².